The van der Waals surface area contributed by atoms with E-state index < -0.39 is 0 Å². The van der Waals surface area contributed by atoms with Crippen LogP contribution in [0.3, 0.4) is 0 Å². The lowest BCUT2D eigenvalue weighted by atomic mass is 10.1. The summed E-state index contributed by atoms with van der Waals surface area (Å²) >= 11 is 6.47. The number of amides is 2. The van der Waals surface area contributed by atoms with E-state index in [0.717, 1.165) is 33.9 Å². The Bertz CT molecular complexity index is 1880. The van der Waals surface area contributed by atoms with Gasteiger partial charge in [-0.05, 0) is 77.9 Å². The molecule has 0 spiro atoms. The number of hydrogen-bond donors (Lipinski definition) is 4. The zero-order valence-electron chi connectivity index (χ0n) is 26.5. The minimum absolute atomic E-state index is 0. The zero-order valence-corrected chi connectivity index (χ0v) is 28.1. The summed E-state index contributed by atoms with van der Waals surface area (Å²) in [6.07, 6.45) is 0. The fourth-order valence-electron chi connectivity index (χ4n) is 4.85. The molecule has 0 aliphatic carbocycles. The van der Waals surface area contributed by atoms with Crippen molar-refractivity contribution in [3.63, 3.8) is 0 Å². The fraction of sp³-hybridized carbons (Fsp3) is 0.105. The number of benzene rings is 5. The molecule has 0 bridgehead atoms. The van der Waals surface area contributed by atoms with Crippen molar-refractivity contribution in [1.82, 2.24) is 10.6 Å². The average Bonchev–Trinajstić information content (AvgIpc) is 3.11. The molecule has 5 aromatic carbocycles. The van der Waals surface area contributed by atoms with Crippen LogP contribution in [0.15, 0.2) is 137 Å². The summed E-state index contributed by atoms with van der Waals surface area (Å²) in [5, 5.41) is 12.6. The van der Waals surface area contributed by atoms with Gasteiger partial charge in [0.25, 0.3) is 11.8 Å². The van der Waals surface area contributed by atoms with Crippen molar-refractivity contribution >= 4 is 58.9 Å². The smallest absolute Gasteiger partial charge is 0.257 e. The number of halogens is 2. The van der Waals surface area contributed by atoms with Crippen molar-refractivity contribution in [2.45, 2.75) is 13.1 Å². The van der Waals surface area contributed by atoms with E-state index in [2.05, 4.69) is 31.3 Å². The molecule has 0 heterocycles. The summed E-state index contributed by atoms with van der Waals surface area (Å²) < 4.78 is 0. The number of carbonyl (C=O) groups is 2. The molecule has 0 radical (unpaired) electrons. The van der Waals surface area contributed by atoms with Gasteiger partial charge < -0.3 is 21.3 Å². The van der Waals surface area contributed by atoms with Gasteiger partial charge in [-0.25, -0.2) is 0 Å². The lowest BCUT2D eigenvalue weighted by Crippen LogP contribution is -2.24. The molecule has 8 nitrogen and oxygen atoms in total. The molecular formula is C38H36Cl2N6O2. The highest BCUT2D eigenvalue weighted by atomic mass is 35.5. The number of anilines is 2. The molecule has 0 fully saturated rings. The Kier molecular flexibility index (Phi) is 12.9. The van der Waals surface area contributed by atoms with E-state index in [-0.39, 0.29) is 34.8 Å². The Labute approximate surface area is 291 Å². The molecule has 2 amide bonds. The highest BCUT2D eigenvalue weighted by Gasteiger charge is 2.15. The first-order valence-electron chi connectivity index (χ1n) is 15.1. The van der Waals surface area contributed by atoms with Gasteiger partial charge in [0.05, 0.1) is 10.6 Å². The molecule has 0 unspecified atom stereocenters. The lowest BCUT2D eigenvalue weighted by molar-refractivity contribution is 0.101. The molecule has 5 rings (SSSR count). The minimum Gasteiger partial charge on any atom is -0.366 e. The van der Waals surface area contributed by atoms with Crippen LogP contribution < -0.4 is 21.3 Å². The Hall–Kier alpha value is -5.44. The van der Waals surface area contributed by atoms with E-state index >= 15 is 0 Å². The first-order valence-corrected chi connectivity index (χ1v) is 15.4. The highest BCUT2D eigenvalue weighted by molar-refractivity contribution is 6.35. The van der Waals surface area contributed by atoms with Crippen LogP contribution in [-0.4, -0.2) is 37.6 Å². The predicted molar refractivity (Wildman–Crippen MR) is 199 cm³/mol. The van der Waals surface area contributed by atoms with Gasteiger partial charge in [-0.3, -0.25) is 19.6 Å². The van der Waals surface area contributed by atoms with Crippen molar-refractivity contribution in [1.29, 1.82) is 0 Å². The molecule has 5 aromatic rings. The molecule has 0 saturated heterocycles. The maximum atomic E-state index is 13.0. The molecule has 10 heteroatoms. The van der Waals surface area contributed by atoms with Gasteiger partial charge in [-0.15, -0.1) is 12.4 Å². The second-order valence-electron chi connectivity index (χ2n) is 10.6. The van der Waals surface area contributed by atoms with Gasteiger partial charge in [0.15, 0.2) is 0 Å². The number of hydrogen-bond acceptors (Lipinski definition) is 4. The van der Waals surface area contributed by atoms with Crippen LogP contribution in [0.5, 0.6) is 0 Å². The lowest BCUT2D eigenvalue weighted by Gasteiger charge is -2.12. The fourth-order valence-corrected chi connectivity index (χ4v) is 5.12. The maximum Gasteiger partial charge on any atom is 0.257 e. The molecule has 4 N–H and O–H groups in total. The Morgan fingerprint density at radius 2 is 0.979 bits per heavy atom. The van der Waals surface area contributed by atoms with E-state index in [4.69, 9.17) is 11.6 Å². The summed E-state index contributed by atoms with van der Waals surface area (Å²) in [6, 6.07) is 39.5. The summed E-state index contributed by atoms with van der Waals surface area (Å²) in [5.41, 5.74) is 5.89. The second kappa shape index (κ2) is 17.5. The van der Waals surface area contributed by atoms with Crippen LogP contribution in [0.2, 0.25) is 5.02 Å². The quantitative estimate of drug-likeness (QED) is 0.0901. The summed E-state index contributed by atoms with van der Waals surface area (Å²) in [6.45, 7) is 1.29. The topological polar surface area (TPSA) is 107 Å². The van der Waals surface area contributed by atoms with E-state index in [1.165, 1.54) is 6.07 Å². The number of nitrogens with zero attached hydrogens (tertiary/aromatic N) is 2. The number of nitrogens with one attached hydrogen (secondary N) is 4. The van der Waals surface area contributed by atoms with E-state index in [1.807, 2.05) is 97.1 Å². The zero-order chi connectivity index (χ0) is 33.0. The largest absolute Gasteiger partial charge is 0.366 e. The number of amidine groups is 2. The Morgan fingerprint density at radius 3 is 1.40 bits per heavy atom. The maximum absolute atomic E-state index is 13.0. The normalized spacial score (nSPS) is 11.2. The van der Waals surface area contributed by atoms with Gasteiger partial charge in [-0.2, -0.15) is 0 Å². The van der Waals surface area contributed by atoms with Crippen molar-refractivity contribution in [2.75, 3.05) is 24.7 Å². The molecule has 48 heavy (non-hydrogen) atoms. The number of rotatable bonds is 10. The standard InChI is InChI=1S/C38H35ClN6O2.ClH/c1-40-35(42-24-26-9-5-3-6-10-26)28-13-18-31(19-14-28)44-37(46)30-17-22-33(34(39)23-30)38(47)45-32-20-15-29(16-21-32)36(41-2)43-25-27-11-7-4-8-12-27;/h3-23H,24-25H2,1-2H3,(H,40,42)(H,41,43)(H,44,46)(H,45,47);1H. The first kappa shape index (κ1) is 35.4. The van der Waals surface area contributed by atoms with Crippen molar-refractivity contribution in [3.8, 4) is 0 Å². The van der Waals surface area contributed by atoms with Crippen LogP contribution in [0, 0.1) is 0 Å². The summed E-state index contributed by atoms with van der Waals surface area (Å²) in [7, 11) is 3.46. The molecule has 0 aromatic heterocycles. The van der Waals surface area contributed by atoms with Gasteiger partial charge >= 0.3 is 0 Å². The first-order chi connectivity index (χ1) is 22.9. The molecule has 0 aliphatic heterocycles. The predicted octanol–water partition coefficient (Wildman–Crippen LogP) is 7.60. The third kappa shape index (κ3) is 9.54. The average molecular weight is 680 g/mol. The van der Waals surface area contributed by atoms with Crippen LogP contribution in [-0.2, 0) is 13.1 Å². The van der Waals surface area contributed by atoms with Gasteiger partial charge in [0, 0.05) is 55.2 Å². The number of aliphatic imine (C=N–C) groups is 2. The van der Waals surface area contributed by atoms with Crippen molar-refractivity contribution in [2.24, 2.45) is 9.98 Å². The van der Waals surface area contributed by atoms with E-state index in [9.17, 15) is 9.59 Å². The van der Waals surface area contributed by atoms with Crippen LogP contribution in [0.25, 0.3) is 0 Å². The summed E-state index contributed by atoms with van der Waals surface area (Å²) in [4.78, 5) is 34.8. The molecule has 0 atom stereocenters. The van der Waals surface area contributed by atoms with Gasteiger partial charge in [0.1, 0.15) is 11.7 Å². The third-order valence-electron chi connectivity index (χ3n) is 7.36. The Morgan fingerprint density at radius 1 is 0.562 bits per heavy atom. The monoisotopic (exact) mass is 678 g/mol. The Balaban J connectivity index is 0.00000520. The SMILES string of the molecule is CN=C(NCc1ccccc1)c1ccc(NC(=O)c2ccc(C(=O)Nc3ccc(C(=NC)NCc4ccccc4)cc3)c(Cl)c2)cc1.Cl. The van der Waals surface area contributed by atoms with Crippen LogP contribution in [0.4, 0.5) is 11.4 Å². The van der Waals surface area contributed by atoms with E-state index in [1.54, 1.807) is 38.4 Å². The highest BCUT2D eigenvalue weighted by Crippen LogP contribution is 2.21. The van der Waals surface area contributed by atoms with E-state index in [0.29, 0.717) is 30.0 Å². The minimum atomic E-state index is -0.383. The van der Waals surface area contributed by atoms with Gasteiger partial charge in [0.2, 0.25) is 0 Å². The molecule has 0 aliphatic rings. The second-order valence-corrected chi connectivity index (χ2v) is 11.0. The van der Waals surface area contributed by atoms with Crippen LogP contribution in [0.1, 0.15) is 43.0 Å². The molecular weight excluding hydrogens is 643 g/mol. The number of carbonyl (C=O) groups excluding carboxylic acids is 2. The summed E-state index contributed by atoms with van der Waals surface area (Å²) in [5.74, 6) is 0.767. The molecule has 244 valence electrons. The van der Waals surface area contributed by atoms with Gasteiger partial charge in [-0.1, -0.05) is 72.3 Å². The van der Waals surface area contributed by atoms with Crippen molar-refractivity contribution < 1.29 is 9.59 Å². The molecule has 0 saturated carbocycles. The third-order valence-corrected chi connectivity index (χ3v) is 7.67. The van der Waals surface area contributed by atoms with Crippen LogP contribution >= 0.6 is 24.0 Å². The van der Waals surface area contributed by atoms with Crippen molar-refractivity contribution in [3.05, 3.63) is 166 Å².